The number of nitrogens with zero attached hydrogens (tertiary/aromatic N) is 1. The van der Waals surface area contributed by atoms with Crippen molar-refractivity contribution in [3.63, 3.8) is 0 Å². The van der Waals surface area contributed by atoms with E-state index in [0.29, 0.717) is 12.1 Å². The van der Waals surface area contributed by atoms with Crippen molar-refractivity contribution in [1.82, 2.24) is 10.2 Å². The Morgan fingerprint density at radius 2 is 2.18 bits per heavy atom. The summed E-state index contributed by atoms with van der Waals surface area (Å²) in [7, 11) is 0. The smallest absolute Gasteiger partial charge is 0.0650 e. The van der Waals surface area contributed by atoms with Crippen molar-refractivity contribution >= 4 is 5.69 Å². The van der Waals surface area contributed by atoms with Gasteiger partial charge in [0.2, 0.25) is 0 Å². The highest BCUT2D eigenvalue weighted by atomic mass is 15.1. The highest BCUT2D eigenvalue weighted by Crippen LogP contribution is 2.25. The van der Waals surface area contributed by atoms with Crippen LogP contribution in [0.2, 0.25) is 0 Å². The van der Waals surface area contributed by atoms with E-state index in [1.807, 2.05) is 6.07 Å². The van der Waals surface area contributed by atoms with E-state index in [4.69, 9.17) is 5.73 Å². The lowest BCUT2D eigenvalue weighted by Gasteiger charge is -2.33. The lowest BCUT2D eigenvalue weighted by atomic mass is 9.87. The van der Waals surface area contributed by atoms with Crippen molar-refractivity contribution in [2.75, 3.05) is 5.32 Å². The number of hydrogen-bond acceptors (Lipinski definition) is 3. The summed E-state index contributed by atoms with van der Waals surface area (Å²) in [4.78, 5) is 0. The molecule has 0 aliphatic heterocycles. The van der Waals surface area contributed by atoms with Crippen LogP contribution in [0.15, 0.2) is 36.5 Å². The molecule has 0 saturated heterocycles. The van der Waals surface area contributed by atoms with Crippen LogP contribution in [-0.4, -0.2) is 22.3 Å². The maximum atomic E-state index is 5.78. The van der Waals surface area contributed by atoms with Crippen LogP contribution in [0.1, 0.15) is 12.8 Å². The third-order valence-corrected chi connectivity index (χ3v) is 3.22. The predicted octanol–water partition coefficient (Wildman–Crippen LogP) is 1.98. The minimum Gasteiger partial charge on any atom is -0.382 e. The molecule has 0 radical (unpaired) electrons. The monoisotopic (exact) mass is 228 g/mol. The summed E-state index contributed by atoms with van der Waals surface area (Å²) in [6.45, 7) is 0. The minimum atomic E-state index is 0.378. The van der Waals surface area contributed by atoms with E-state index in [9.17, 15) is 0 Å². The van der Waals surface area contributed by atoms with Gasteiger partial charge in [0.1, 0.15) is 0 Å². The molecule has 4 nitrogen and oxygen atoms in total. The summed E-state index contributed by atoms with van der Waals surface area (Å²) in [6.07, 6.45) is 3.89. The van der Waals surface area contributed by atoms with Crippen LogP contribution in [0.3, 0.4) is 0 Å². The molecule has 88 valence electrons. The first-order valence-corrected chi connectivity index (χ1v) is 5.93. The molecule has 1 aromatic heterocycles. The normalized spacial score (nSPS) is 23.1. The lowest BCUT2D eigenvalue weighted by molar-refractivity contribution is 0.374. The van der Waals surface area contributed by atoms with Gasteiger partial charge in [-0.3, -0.25) is 5.10 Å². The van der Waals surface area contributed by atoms with E-state index in [1.54, 1.807) is 6.20 Å². The van der Waals surface area contributed by atoms with E-state index >= 15 is 0 Å². The average molecular weight is 228 g/mol. The fourth-order valence-corrected chi connectivity index (χ4v) is 2.21. The topological polar surface area (TPSA) is 66.7 Å². The maximum Gasteiger partial charge on any atom is 0.0650 e. The first-order chi connectivity index (χ1) is 8.31. The summed E-state index contributed by atoms with van der Waals surface area (Å²) in [5.41, 5.74) is 9.11. The van der Waals surface area contributed by atoms with Gasteiger partial charge in [-0.05, 0) is 31.0 Å². The Balaban J connectivity index is 1.75. The molecule has 0 unspecified atom stereocenters. The number of nitrogens with two attached hydrogens (primary N) is 1. The fraction of sp³-hybridized carbons (Fsp3) is 0.308. The quantitative estimate of drug-likeness (QED) is 0.752. The van der Waals surface area contributed by atoms with Gasteiger partial charge in [-0.25, -0.2) is 0 Å². The van der Waals surface area contributed by atoms with Crippen molar-refractivity contribution in [1.29, 1.82) is 0 Å². The van der Waals surface area contributed by atoms with Crippen LogP contribution < -0.4 is 11.1 Å². The summed E-state index contributed by atoms with van der Waals surface area (Å²) in [6, 6.07) is 11.2. The molecular formula is C13H16N4. The zero-order valence-electron chi connectivity index (χ0n) is 9.56. The molecule has 0 spiro atoms. The van der Waals surface area contributed by atoms with E-state index in [-0.39, 0.29) is 0 Å². The van der Waals surface area contributed by atoms with Gasteiger partial charge in [0.15, 0.2) is 0 Å². The van der Waals surface area contributed by atoms with Crippen LogP contribution in [0.25, 0.3) is 11.3 Å². The molecule has 1 heterocycles. The third-order valence-electron chi connectivity index (χ3n) is 3.22. The molecule has 0 bridgehead atoms. The van der Waals surface area contributed by atoms with E-state index in [0.717, 1.165) is 29.8 Å². The van der Waals surface area contributed by atoms with Gasteiger partial charge in [0.25, 0.3) is 0 Å². The zero-order chi connectivity index (χ0) is 11.7. The number of nitrogens with one attached hydrogen (secondary N) is 2. The van der Waals surface area contributed by atoms with Gasteiger partial charge >= 0.3 is 0 Å². The van der Waals surface area contributed by atoms with Crippen LogP contribution in [0.5, 0.6) is 0 Å². The van der Waals surface area contributed by atoms with Crippen LogP contribution in [-0.2, 0) is 0 Å². The first kappa shape index (κ1) is 10.4. The van der Waals surface area contributed by atoms with Gasteiger partial charge in [0.05, 0.1) is 5.69 Å². The number of anilines is 1. The van der Waals surface area contributed by atoms with Crippen molar-refractivity contribution in [2.24, 2.45) is 5.73 Å². The Kier molecular flexibility index (Phi) is 2.57. The lowest BCUT2D eigenvalue weighted by Crippen LogP contribution is -2.44. The minimum absolute atomic E-state index is 0.378. The average Bonchev–Trinajstić information content (AvgIpc) is 2.81. The molecule has 4 N–H and O–H groups in total. The van der Waals surface area contributed by atoms with Gasteiger partial charge in [0, 0.05) is 29.5 Å². The third kappa shape index (κ3) is 2.17. The standard InChI is InChI=1S/C13H16N4/c14-10-7-12(8-10)16-11-3-1-2-9(6-11)13-4-5-15-17-13/h1-6,10,12,16H,7-8,14H2,(H,15,17). The van der Waals surface area contributed by atoms with Crippen LogP contribution >= 0.6 is 0 Å². The number of benzene rings is 1. The van der Waals surface area contributed by atoms with E-state index < -0.39 is 0 Å². The van der Waals surface area contributed by atoms with Gasteiger partial charge in [-0.2, -0.15) is 5.10 Å². The molecule has 1 fully saturated rings. The molecule has 1 aliphatic carbocycles. The summed E-state index contributed by atoms with van der Waals surface area (Å²) >= 11 is 0. The maximum absolute atomic E-state index is 5.78. The summed E-state index contributed by atoms with van der Waals surface area (Å²) in [5.74, 6) is 0. The van der Waals surface area contributed by atoms with Crippen molar-refractivity contribution in [3.05, 3.63) is 36.5 Å². The Morgan fingerprint density at radius 3 is 2.88 bits per heavy atom. The van der Waals surface area contributed by atoms with Gasteiger partial charge < -0.3 is 11.1 Å². The first-order valence-electron chi connectivity index (χ1n) is 5.93. The Morgan fingerprint density at radius 1 is 1.29 bits per heavy atom. The zero-order valence-corrected chi connectivity index (χ0v) is 9.56. The molecule has 17 heavy (non-hydrogen) atoms. The fourth-order valence-electron chi connectivity index (χ4n) is 2.21. The van der Waals surface area contributed by atoms with Gasteiger partial charge in [-0.15, -0.1) is 0 Å². The number of rotatable bonds is 3. The molecule has 0 atom stereocenters. The second-order valence-electron chi connectivity index (χ2n) is 4.62. The summed E-state index contributed by atoms with van der Waals surface area (Å²) < 4.78 is 0. The number of aromatic nitrogens is 2. The van der Waals surface area contributed by atoms with Crippen LogP contribution in [0.4, 0.5) is 5.69 Å². The predicted molar refractivity (Wildman–Crippen MR) is 68.6 cm³/mol. The van der Waals surface area contributed by atoms with Crippen molar-refractivity contribution in [3.8, 4) is 11.3 Å². The number of H-pyrrole nitrogens is 1. The molecule has 1 saturated carbocycles. The second-order valence-corrected chi connectivity index (χ2v) is 4.62. The highest BCUT2D eigenvalue weighted by molar-refractivity contribution is 5.64. The molecular weight excluding hydrogens is 212 g/mol. The molecule has 2 aromatic rings. The van der Waals surface area contributed by atoms with E-state index in [1.165, 1.54) is 0 Å². The molecule has 1 aromatic carbocycles. The molecule has 3 rings (SSSR count). The molecule has 0 amide bonds. The Hall–Kier alpha value is -1.81. The van der Waals surface area contributed by atoms with Crippen molar-refractivity contribution < 1.29 is 0 Å². The number of aromatic amines is 1. The number of hydrogen-bond donors (Lipinski definition) is 3. The highest BCUT2D eigenvalue weighted by Gasteiger charge is 2.25. The molecule has 1 aliphatic rings. The second kappa shape index (κ2) is 4.22. The van der Waals surface area contributed by atoms with E-state index in [2.05, 4.69) is 39.8 Å². The SMILES string of the molecule is NC1CC(Nc2cccc(-c3ccn[nH]3)c2)C1. The van der Waals surface area contributed by atoms with Gasteiger partial charge in [-0.1, -0.05) is 12.1 Å². The Labute approximate surface area is 100 Å². The van der Waals surface area contributed by atoms with Crippen molar-refractivity contribution in [2.45, 2.75) is 24.9 Å². The molecule has 4 heteroatoms. The largest absolute Gasteiger partial charge is 0.382 e. The Bertz CT molecular complexity index is 486. The van der Waals surface area contributed by atoms with Crippen LogP contribution in [0, 0.1) is 0 Å². The summed E-state index contributed by atoms with van der Waals surface area (Å²) in [5, 5.41) is 10.4.